The smallest absolute Gasteiger partial charge is 0.265 e. The standard InChI is InChI=1S/C21H20BrN3O4S/c1-12(2)9-10-25-16-6-4-3-5-14(16)19(26)18(21(25)27)20-23-15-8-7-13(22)11-17(15)30(28,29)24-20/h3-8,11-12,26H,9-10H2,1-2H3,(H,23,24). The Labute approximate surface area is 182 Å². The summed E-state index contributed by atoms with van der Waals surface area (Å²) in [6.45, 7) is 4.56. The second-order valence-electron chi connectivity index (χ2n) is 7.56. The largest absolute Gasteiger partial charge is 0.506 e. The quantitative estimate of drug-likeness (QED) is 0.580. The maximum atomic E-state index is 13.4. The third-order valence-corrected chi connectivity index (χ3v) is 6.85. The van der Waals surface area contributed by atoms with Crippen molar-refractivity contribution < 1.29 is 13.5 Å². The van der Waals surface area contributed by atoms with Gasteiger partial charge in [-0.15, -0.1) is 0 Å². The molecule has 0 bridgehead atoms. The monoisotopic (exact) mass is 489 g/mol. The molecule has 2 heterocycles. The minimum Gasteiger partial charge on any atom is -0.506 e. The summed E-state index contributed by atoms with van der Waals surface area (Å²) in [6.07, 6.45) is 0.753. The van der Waals surface area contributed by atoms with Crippen LogP contribution in [0.2, 0.25) is 0 Å². The van der Waals surface area contributed by atoms with Crippen LogP contribution in [0.25, 0.3) is 10.9 Å². The number of aromatic nitrogens is 1. The second-order valence-corrected chi connectivity index (χ2v) is 10.1. The minimum atomic E-state index is -3.96. The fourth-order valence-electron chi connectivity index (χ4n) is 3.44. The van der Waals surface area contributed by atoms with Gasteiger partial charge in [-0.1, -0.05) is 41.9 Å². The average molecular weight is 490 g/mol. The molecule has 2 N–H and O–H groups in total. The molecule has 2 aromatic carbocycles. The zero-order chi connectivity index (χ0) is 21.6. The number of hydrogen-bond donors (Lipinski definition) is 2. The molecule has 30 heavy (non-hydrogen) atoms. The summed E-state index contributed by atoms with van der Waals surface area (Å²) in [6, 6.07) is 11.7. The normalized spacial score (nSPS) is 15.0. The van der Waals surface area contributed by atoms with Crippen molar-refractivity contribution in [3.05, 3.63) is 62.9 Å². The summed E-state index contributed by atoms with van der Waals surface area (Å²) < 4.78 is 30.1. The Hall–Kier alpha value is -2.65. The molecule has 0 unspecified atom stereocenters. The molecule has 0 amide bonds. The van der Waals surface area contributed by atoms with Crippen LogP contribution in [0.15, 0.2) is 61.6 Å². The molecule has 3 aromatic rings. The summed E-state index contributed by atoms with van der Waals surface area (Å²) in [5.41, 5.74) is 0.143. The van der Waals surface area contributed by atoms with Crippen LogP contribution in [0.3, 0.4) is 0 Å². The molecule has 0 radical (unpaired) electrons. The van der Waals surface area contributed by atoms with Gasteiger partial charge >= 0.3 is 0 Å². The number of aromatic hydroxyl groups is 1. The molecule has 4 rings (SSSR count). The van der Waals surface area contributed by atoms with Gasteiger partial charge in [0.15, 0.2) is 5.84 Å². The zero-order valence-corrected chi connectivity index (χ0v) is 18.8. The highest BCUT2D eigenvalue weighted by atomic mass is 79.9. The average Bonchev–Trinajstić information content (AvgIpc) is 2.68. The fraction of sp³-hybridized carbons (Fsp3) is 0.238. The van der Waals surface area contributed by atoms with E-state index in [0.717, 1.165) is 6.42 Å². The van der Waals surface area contributed by atoms with Gasteiger partial charge in [0.05, 0.1) is 11.2 Å². The van der Waals surface area contributed by atoms with E-state index in [2.05, 4.69) is 39.5 Å². The Morgan fingerprint density at radius 3 is 2.67 bits per heavy atom. The maximum Gasteiger partial charge on any atom is 0.265 e. The van der Waals surface area contributed by atoms with Crippen LogP contribution in [-0.4, -0.2) is 23.9 Å². The Kier molecular flexibility index (Phi) is 5.19. The third-order valence-electron chi connectivity index (χ3n) is 4.99. The lowest BCUT2D eigenvalue weighted by atomic mass is 10.1. The van der Waals surface area contributed by atoms with Crippen molar-refractivity contribution in [2.75, 3.05) is 0 Å². The van der Waals surface area contributed by atoms with E-state index >= 15 is 0 Å². The summed E-state index contributed by atoms with van der Waals surface area (Å²) in [4.78, 5) is 17.7. The number of fused-ring (bicyclic) bond motifs is 2. The lowest BCUT2D eigenvalue weighted by molar-refractivity contribution is 0.473. The lowest BCUT2D eigenvalue weighted by Gasteiger charge is -2.21. The molecule has 1 aromatic heterocycles. The first-order valence-corrected chi connectivity index (χ1v) is 11.7. The molecular formula is C21H20BrN3O4S. The predicted molar refractivity (Wildman–Crippen MR) is 120 cm³/mol. The van der Waals surface area contributed by atoms with E-state index in [1.165, 1.54) is 6.07 Å². The molecule has 0 saturated heterocycles. The summed E-state index contributed by atoms with van der Waals surface area (Å²) >= 11 is 3.26. The zero-order valence-electron chi connectivity index (χ0n) is 16.4. The molecule has 9 heteroatoms. The predicted octanol–water partition coefficient (Wildman–Crippen LogP) is 3.89. The third kappa shape index (κ3) is 3.52. The first-order chi connectivity index (χ1) is 14.2. The van der Waals surface area contributed by atoms with Gasteiger partial charge < -0.3 is 9.67 Å². The molecule has 1 aliphatic heterocycles. The first-order valence-electron chi connectivity index (χ1n) is 9.45. The number of para-hydroxylation sites is 1. The van der Waals surface area contributed by atoms with E-state index in [-0.39, 0.29) is 27.7 Å². The fourth-order valence-corrected chi connectivity index (χ4v) is 5.14. The van der Waals surface area contributed by atoms with Crippen molar-refractivity contribution in [1.29, 1.82) is 0 Å². The molecule has 0 spiro atoms. The summed E-state index contributed by atoms with van der Waals surface area (Å²) in [5, 5.41) is 11.4. The molecule has 0 aliphatic carbocycles. The van der Waals surface area contributed by atoms with Crippen molar-refractivity contribution in [3.8, 4) is 5.75 Å². The SMILES string of the molecule is CC(C)CCn1c(=O)c(C2=Nc3ccc(Br)cc3S(=O)(=O)N2)c(O)c2ccccc21. The van der Waals surface area contributed by atoms with E-state index in [0.29, 0.717) is 27.8 Å². The highest BCUT2D eigenvalue weighted by Crippen LogP contribution is 2.33. The van der Waals surface area contributed by atoms with Crippen molar-refractivity contribution in [3.63, 3.8) is 0 Å². The highest BCUT2D eigenvalue weighted by Gasteiger charge is 2.30. The van der Waals surface area contributed by atoms with Crippen LogP contribution in [0.5, 0.6) is 5.75 Å². The number of nitrogens with zero attached hydrogens (tertiary/aromatic N) is 2. The Morgan fingerprint density at radius 2 is 1.93 bits per heavy atom. The number of rotatable bonds is 4. The number of pyridine rings is 1. The number of hydrogen-bond acceptors (Lipinski definition) is 5. The molecule has 0 fully saturated rings. The Morgan fingerprint density at radius 1 is 1.20 bits per heavy atom. The molecule has 156 valence electrons. The van der Waals surface area contributed by atoms with Crippen LogP contribution in [0.4, 0.5) is 5.69 Å². The van der Waals surface area contributed by atoms with E-state index in [1.54, 1.807) is 41.0 Å². The van der Waals surface area contributed by atoms with Gasteiger partial charge in [-0.05, 0) is 42.7 Å². The van der Waals surface area contributed by atoms with Crippen LogP contribution >= 0.6 is 15.9 Å². The number of halogens is 1. The molecule has 0 saturated carbocycles. The summed E-state index contributed by atoms with van der Waals surface area (Å²) in [7, 11) is -3.96. The summed E-state index contributed by atoms with van der Waals surface area (Å²) in [5.74, 6) is -0.112. The number of amidine groups is 1. The van der Waals surface area contributed by atoms with Gasteiger partial charge in [0, 0.05) is 16.4 Å². The van der Waals surface area contributed by atoms with Crippen molar-refractivity contribution in [2.45, 2.75) is 31.7 Å². The first kappa shape index (κ1) is 20.6. The van der Waals surface area contributed by atoms with E-state index in [9.17, 15) is 18.3 Å². The van der Waals surface area contributed by atoms with Crippen molar-refractivity contribution in [2.24, 2.45) is 10.9 Å². The van der Waals surface area contributed by atoms with Crippen LogP contribution in [0, 0.1) is 5.92 Å². The number of aryl methyl sites for hydroxylation is 1. The number of aliphatic imine (C=N–C) groups is 1. The Balaban J connectivity index is 2.00. The minimum absolute atomic E-state index is 0.000960. The molecule has 0 atom stereocenters. The van der Waals surface area contributed by atoms with Gasteiger partial charge in [-0.25, -0.2) is 13.4 Å². The maximum absolute atomic E-state index is 13.4. The van der Waals surface area contributed by atoms with Crippen molar-refractivity contribution >= 4 is 48.4 Å². The molecular weight excluding hydrogens is 470 g/mol. The van der Waals surface area contributed by atoms with Gasteiger partial charge in [-0.2, -0.15) is 0 Å². The number of benzene rings is 2. The van der Waals surface area contributed by atoms with Gasteiger partial charge in [-0.3, -0.25) is 9.52 Å². The van der Waals surface area contributed by atoms with Crippen LogP contribution in [0.1, 0.15) is 25.8 Å². The lowest BCUT2D eigenvalue weighted by Crippen LogP contribution is -2.39. The van der Waals surface area contributed by atoms with Gasteiger partial charge in [0.2, 0.25) is 0 Å². The van der Waals surface area contributed by atoms with Crippen LogP contribution < -0.4 is 10.3 Å². The van der Waals surface area contributed by atoms with E-state index in [4.69, 9.17) is 0 Å². The van der Waals surface area contributed by atoms with Gasteiger partial charge in [0.1, 0.15) is 16.2 Å². The van der Waals surface area contributed by atoms with Crippen LogP contribution in [-0.2, 0) is 16.6 Å². The van der Waals surface area contributed by atoms with Crippen molar-refractivity contribution in [1.82, 2.24) is 9.29 Å². The van der Waals surface area contributed by atoms with Gasteiger partial charge in [0.25, 0.3) is 15.6 Å². The number of sulfonamides is 1. The van der Waals surface area contributed by atoms with E-state index in [1.807, 2.05) is 0 Å². The second kappa shape index (κ2) is 7.55. The Bertz CT molecular complexity index is 1360. The van der Waals surface area contributed by atoms with E-state index < -0.39 is 15.6 Å². The number of nitrogens with one attached hydrogen (secondary N) is 1. The molecule has 7 nitrogen and oxygen atoms in total. The molecule has 1 aliphatic rings. The topological polar surface area (TPSA) is 101 Å². The highest BCUT2D eigenvalue weighted by molar-refractivity contribution is 9.10.